The standard InChI is InChI=1S/C17H19FN2O2S/c1-10(2)8-14-11(3)19-17(20-16(14)22)23-9-15(21)12-4-6-13(18)7-5-12/h4-7,10H,8-9H2,1-3H3,(H,19,20,22). The Bertz CT molecular complexity index is 754. The minimum absolute atomic E-state index is 0.136. The van der Waals surface area contributed by atoms with Gasteiger partial charge in [-0.1, -0.05) is 25.6 Å². The number of nitrogens with one attached hydrogen (secondary N) is 1. The van der Waals surface area contributed by atoms with E-state index in [1.54, 1.807) is 6.92 Å². The Morgan fingerprint density at radius 3 is 2.52 bits per heavy atom. The maximum Gasteiger partial charge on any atom is 0.254 e. The number of carbonyl (C=O) groups is 1. The number of hydrogen-bond acceptors (Lipinski definition) is 4. The molecule has 0 aliphatic rings. The van der Waals surface area contributed by atoms with Crippen molar-refractivity contribution in [2.75, 3.05) is 5.75 Å². The average Bonchev–Trinajstić information content (AvgIpc) is 2.49. The number of ketones is 1. The Kier molecular flexibility index (Phi) is 5.71. The molecule has 0 unspecified atom stereocenters. The van der Waals surface area contributed by atoms with Crippen molar-refractivity contribution in [1.82, 2.24) is 9.97 Å². The molecule has 23 heavy (non-hydrogen) atoms. The first kappa shape index (κ1) is 17.4. The number of Topliss-reactive ketones (excluding diaryl/α,β-unsaturated/α-hetero) is 1. The topological polar surface area (TPSA) is 62.8 Å². The van der Waals surface area contributed by atoms with E-state index in [1.165, 1.54) is 36.0 Å². The first-order valence-corrected chi connectivity index (χ1v) is 8.36. The van der Waals surface area contributed by atoms with Crippen LogP contribution in [0, 0.1) is 18.7 Å². The summed E-state index contributed by atoms with van der Waals surface area (Å²) in [5.41, 5.74) is 1.67. The van der Waals surface area contributed by atoms with Crippen LogP contribution in [0.5, 0.6) is 0 Å². The summed E-state index contributed by atoms with van der Waals surface area (Å²) in [6, 6.07) is 5.41. The number of halogens is 1. The van der Waals surface area contributed by atoms with Gasteiger partial charge in [0.2, 0.25) is 0 Å². The van der Waals surface area contributed by atoms with Crippen LogP contribution in [0.25, 0.3) is 0 Å². The summed E-state index contributed by atoms with van der Waals surface area (Å²) < 4.78 is 12.9. The van der Waals surface area contributed by atoms with E-state index < -0.39 is 0 Å². The number of benzene rings is 1. The van der Waals surface area contributed by atoms with Crippen LogP contribution in [0.15, 0.2) is 34.2 Å². The minimum Gasteiger partial charge on any atom is -0.301 e. The first-order valence-electron chi connectivity index (χ1n) is 7.38. The molecule has 1 aromatic heterocycles. The quantitative estimate of drug-likeness (QED) is 0.500. The van der Waals surface area contributed by atoms with Crippen molar-refractivity contribution in [2.45, 2.75) is 32.3 Å². The molecule has 122 valence electrons. The molecule has 0 fully saturated rings. The average molecular weight is 334 g/mol. The van der Waals surface area contributed by atoms with Gasteiger partial charge >= 0.3 is 0 Å². The molecule has 4 nitrogen and oxygen atoms in total. The lowest BCUT2D eigenvalue weighted by Gasteiger charge is -2.08. The predicted octanol–water partition coefficient (Wildman–Crippen LogP) is 3.39. The molecule has 0 spiro atoms. The molecule has 0 radical (unpaired) electrons. The van der Waals surface area contributed by atoms with Crippen molar-refractivity contribution in [1.29, 1.82) is 0 Å². The number of aryl methyl sites for hydroxylation is 1. The van der Waals surface area contributed by atoms with E-state index in [0.717, 1.165) is 0 Å². The summed E-state index contributed by atoms with van der Waals surface area (Å²) in [6.07, 6.45) is 0.674. The van der Waals surface area contributed by atoms with Crippen LogP contribution in [-0.2, 0) is 6.42 Å². The number of nitrogens with zero attached hydrogens (tertiary/aromatic N) is 1. The molecule has 0 aliphatic carbocycles. The highest BCUT2D eigenvalue weighted by Gasteiger charge is 2.12. The molecule has 0 bridgehead atoms. The van der Waals surface area contributed by atoms with Crippen molar-refractivity contribution < 1.29 is 9.18 Å². The Morgan fingerprint density at radius 2 is 1.96 bits per heavy atom. The third-order valence-corrected chi connectivity index (χ3v) is 4.19. The van der Waals surface area contributed by atoms with Crippen molar-refractivity contribution in [3.8, 4) is 0 Å². The van der Waals surface area contributed by atoms with Gasteiger partial charge in [0.15, 0.2) is 10.9 Å². The van der Waals surface area contributed by atoms with E-state index in [9.17, 15) is 14.0 Å². The van der Waals surface area contributed by atoms with E-state index in [2.05, 4.69) is 9.97 Å². The fourth-order valence-electron chi connectivity index (χ4n) is 2.15. The third kappa shape index (κ3) is 4.76. The number of aromatic nitrogens is 2. The molecule has 0 saturated heterocycles. The maximum absolute atomic E-state index is 12.9. The lowest BCUT2D eigenvalue weighted by atomic mass is 10.0. The van der Waals surface area contributed by atoms with Crippen LogP contribution >= 0.6 is 11.8 Å². The number of aromatic amines is 1. The zero-order chi connectivity index (χ0) is 17.0. The SMILES string of the molecule is Cc1nc(SCC(=O)c2ccc(F)cc2)[nH]c(=O)c1CC(C)C. The molecule has 1 aromatic carbocycles. The van der Waals surface area contributed by atoms with Gasteiger partial charge in [0, 0.05) is 16.8 Å². The van der Waals surface area contributed by atoms with E-state index in [1.807, 2.05) is 13.8 Å². The molecule has 1 N–H and O–H groups in total. The zero-order valence-electron chi connectivity index (χ0n) is 13.4. The smallest absolute Gasteiger partial charge is 0.254 e. The van der Waals surface area contributed by atoms with Crippen LogP contribution in [0.3, 0.4) is 0 Å². The van der Waals surface area contributed by atoms with Gasteiger partial charge < -0.3 is 4.98 Å². The summed E-state index contributed by atoms with van der Waals surface area (Å²) in [6.45, 7) is 5.89. The van der Waals surface area contributed by atoms with Gasteiger partial charge in [-0.3, -0.25) is 9.59 Å². The van der Waals surface area contributed by atoms with Crippen LogP contribution in [0.1, 0.15) is 35.5 Å². The summed E-state index contributed by atoms with van der Waals surface area (Å²) >= 11 is 1.17. The highest BCUT2D eigenvalue weighted by atomic mass is 32.2. The molecule has 2 rings (SSSR count). The molecular formula is C17H19FN2O2S. The highest BCUT2D eigenvalue weighted by molar-refractivity contribution is 7.99. The van der Waals surface area contributed by atoms with Gasteiger partial charge in [-0.25, -0.2) is 9.37 Å². The lowest BCUT2D eigenvalue weighted by Crippen LogP contribution is -2.19. The monoisotopic (exact) mass is 334 g/mol. The Hall–Kier alpha value is -1.95. The first-order chi connectivity index (χ1) is 10.9. The number of carbonyl (C=O) groups excluding carboxylic acids is 1. The lowest BCUT2D eigenvalue weighted by molar-refractivity contribution is 0.102. The van der Waals surface area contributed by atoms with Gasteiger partial charge in [0.1, 0.15) is 5.82 Å². The fraction of sp³-hybridized carbons (Fsp3) is 0.353. The molecule has 0 amide bonds. The van der Waals surface area contributed by atoms with Gasteiger partial charge in [0.25, 0.3) is 5.56 Å². The normalized spacial score (nSPS) is 11.0. The van der Waals surface area contributed by atoms with Gasteiger partial charge in [-0.05, 0) is 43.5 Å². The zero-order valence-corrected chi connectivity index (χ0v) is 14.2. The maximum atomic E-state index is 12.9. The molecule has 2 aromatic rings. The highest BCUT2D eigenvalue weighted by Crippen LogP contribution is 2.16. The Balaban J connectivity index is 2.07. The number of rotatable bonds is 6. The molecule has 1 heterocycles. The molecule has 0 saturated carbocycles. The van der Waals surface area contributed by atoms with Gasteiger partial charge in [-0.15, -0.1) is 0 Å². The van der Waals surface area contributed by atoms with E-state index >= 15 is 0 Å². The molecule has 6 heteroatoms. The van der Waals surface area contributed by atoms with Crippen LogP contribution in [0.4, 0.5) is 4.39 Å². The number of H-pyrrole nitrogens is 1. The fourth-order valence-corrected chi connectivity index (χ4v) is 2.96. The third-order valence-electron chi connectivity index (χ3n) is 3.32. The van der Waals surface area contributed by atoms with Crippen LogP contribution in [-0.4, -0.2) is 21.5 Å². The Morgan fingerprint density at radius 1 is 1.30 bits per heavy atom. The van der Waals surface area contributed by atoms with Crippen molar-refractivity contribution in [3.63, 3.8) is 0 Å². The van der Waals surface area contributed by atoms with E-state index in [-0.39, 0.29) is 22.9 Å². The summed E-state index contributed by atoms with van der Waals surface area (Å²) in [5, 5.41) is 0.426. The molecular weight excluding hydrogens is 315 g/mol. The molecule has 0 atom stereocenters. The second-order valence-electron chi connectivity index (χ2n) is 5.75. The van der Waals surface area contributed by atoms with Crippen molar-refractivity contribution >= 4 is 17.5 Å². The molecule has 0 aliphatic heterocycles. The largest absolute Gasteiger partial charge is 0.301 e. The minimum atomic E-state index is -0.378. The summed E-state index contributed by atoms with van der Waals surface area (Å²) in [7, 11) is 0. The Labute approximate surface area is 138 Å². The van der Waals surface area contributed by atoms with Gasteiger partial charge in [-0.2, -0.15) is 0 Å². The van der Waals surface area contributed by atoms with E-state index in [0.29, 0.717) is 34.3 Å². The van der Waals surface area contributed by atoms with Gasteiger partial charge in [0.05, 0.1) is 5.75 Å². The van der Waals surface area contributed by atoms with E-state index in [4.69, 9.17) is 0 Å². The van der Waals surface area contributed by atoms with Crippen LogP contribution < -0.4 is 5.56 Å². The second kappa shape index (κ2) is 7.55. The summed E-state index contributed by atoms with van der Waals surface area (Å²) in [5.74, 6) is -0.00866. The number of hydrogen-bond donors (Lipinski definition) is 1. The van der Waals surface area contributed by atoms with Crippen LogP contribution in [0.2, 0.25) is 0 Å². The number of thioether (sulfide) groups is 1. The van der Waals surface area contributed by atoms with Crippen molar-refractivity contribution in [2.24, 2.45) is 5.92 Å². The van der Waals surface area contributed by atoms with Crippen molar-refractivity contribution in [3.05, 3.63) is 57.3 Å². The predicted molar refractivity (Wildman–Crippen MR) is 89.6 cm³/mol. The second-order valence-corrected chi connectivity index (χ2v) is 6.72. The summed E-state index contributed by atoms with van der Waals surface area (Å²) in [4.78, 5) is 31.2.